The van der Waals surface area contributed by atoms with Crippen molar-refractivity contribution in [1.82, 2.24) is 20.2 Å². The Morgan fingerprint density at radius 1 is 1.02 bits per heavy atom. The van der Waals surface area contributed by atoms with Crippen molar-refractivity contribution in [2.45, 2.75) is 108 Å². The van der Waals surface area contributed by atoms with E-state index in [1.54, 1.807) is 34.9 Å². The molecule has 1 aromatic heterocycles. The van der Waals surface area contributed by atoms with Gasteiger partial charge in [0.25, 0.3) is 5.91 Å². The SMILES string of the molecule is CC(C)[Si]1(C(C)C)OC[C@H]2O[C@@H](n3cnc4c3NC(NC(=O)Oc3ccccc3)NC4=O)[C@@H](O)C2O[Si](C(C)C)(C(C)C)O1. The number of aliphatic hydroxyl groups excluding tert-OH is 1. The predicted octanol–water partition coefficient (Wildman–Crippen LogP) is 4.33. The molecule has 1 aromatic carbocycles. The van der Waals surface area contributed by atoms with Crippen LogP contribution in [0, 0.1) is 0 Å². The van der Waals surface area contributed by atoms with Crippen LogP contribution in [0.4, 0.5) is 10.6 Å². The van der Waals surface area contributed by atoms with Crippen LogP contribution in [0.15, 0.2) is 36.7 Å². The number of aromatic nitrogens is 2. The van der Waals surface area contributed by atoms with Gasteiger partial charge in [-0.15, -0.1) is 0 Å². The van der Waals surface area contributed by atoms with E-state index < -0.39 is 60.0 Å². The van der Waals surface area contributed by atoms with Gasteiger partial charge in [-0.1, -0.05) is 73.6 Å². The molecule has 4 heterocycles. The highest BCUT2D eigenvalue weighted by molar-refractivity contribution is 6.84. The van der Waals surface area contributed by atoms with Crippen LogP contribution in [0.1, 0.15) is 72.1 Å². The van der Waals surface area contributed by atoms with E-state index in [0.717, 1.165) is 0 Å². The summed E-state index contributed by atoms with van der Waals surface area (Å²) in [5.74, 6) is 0.119. The fourth-order valence-electron chi connectivity index (χ4n) is 6.42. The number of ether oxygens (including phenoxy) is 2. The molecule has 15 heteroatoms. The van der Waals surface area contributed by atoms with Crippen molar-refractivity contribution in [2.24, 2.45) is 0 Å². The molecule has 0 saturated carbocycles. The van der Waals surface area contributed by atoms with Crippen LogP contribution >= 0.6 is 0 Å². The highest BCUT2D eigenvalue weighted by atomic mass is 28.5. The molecule has 0 bridgehead atoms. The molecular weight excluding hydrogens is 603 g/mol. The average Bonchev–Trinajstić information content (AvgIpc) is 3.49. The molecule has 0 aliphatic carbocycles. The number of benzene rings is 1. The Labute approximate surface area is 260 Å². The molecule has 2 aromatic rings. The number of hydrogen-bond donors (Lipinski definition) is 4. The van der Waals surface area contributed by atoms with Gasteiger partial charge >= 0.3 is 23.2 Å². The maximum absolute atomic E-state index is 12.9. The fraction of sp³-hybridized carbons (Fsp3) is 0.621. The number of nitrogens with zero attached hydrogens (tertiary/aromatic N) is 2. The molecule has 5 rings (SSSR count). The van der Waals surface area contributed by atoms with Gasteiger partial charge in [-0.25, -0.2) is 9.78 Å². The number of hydrogen-bond acceptors (Lipinski definition) is 10. The molecule has 44 heavy (non-hydrogen) atoms. The lowest BCUT2D eigenvalue weighted by atomic mass is 10.1. The molecule has 5 atom stereocenters. The monoisotopic (exact) mass is 647 g/mol. The summed E-state index contributed by atoms with van der Waals surface area (Å²) in [6.45, 7) is 17.3. The van der Waals surface area contributed by atoms with E-state index in [2.05, 4.69) is 76.3 Å². The number of rotatable bonds is 7. The molecule has 2 fully saturated rings. The zero-order valence-electron chi connectivity index (χ0n) is 26.6. The summed E-state index contributed by atoms with van der Waals surface area (Å²) in [4.78, 5) is 29.8. The molecule has 3 aliphatic heterocycles. The summed E-state index contributed by atoms with van der Waals surface area (Å²) in [5, 5.41) is 20.1. The van der Waals surface area contributed by atoms with E-state index >= 15 is 0 Å². The Balaban J connectivity index is 1.41. The smallest absolute Gasteiger partial charge is 0.414 e. The van der Waals surface area contributed by atoms with E-state index in [4.69, 9.17) is 22.4 Å². The first-order valence-corrected chi connectivity index (χ1v) is 19.3. The lowest BCUT2D eigenvalue weighted by Gasteiger charge is -2.51. The van der Waals surface area contributed by atoms with Crippen LogP contribution in [-0.2, 0) is 17.7 Å². The largest absolute Gasteiger partial charge is 0.415 e. The molecule has 3 aliphatic rings. The summed E-state index contributed by atoms with van der Waals surface area (Å²) in [6, 6.07) is 8.58. The van der Waals surface area contributed by atoms with Crippen molar-refractivity contribution in [3.63, 3.8) is 0 Å². The Morgan fingerprint density at radius 3 is 2.27 bits per heavy atom. The number of aliphatic hydroxyl groups is 1. The second kappa shape index (κ2) is 12.5. The first-order valence-electron chi connectivity index (χ1n) is 15.3. The van der Waals surface area contributed by atoms with Crippen molar-refractivity contribution in [3.05, 3.63) is 42.4 Å². The van der Waals surface area contributed by atoms with Gasteiger partial charge in [-0.2, -0.15) is 0 Å². The number of anilines is 1. The number of amides is 2. The standard InChI is InChI=1S/C29H45N5O8Si2/c1-16(2)43(17(3)4)38-14-21-24(41-44(42-43,18(5)6)19(7)8)23(35)27(40-21)34-15-30-22-25(34)31-28(32-26(22)36)33-29(37)39-20-12-10-9-11-13-20/h9-13,15-19,21,23-24,27-28,31,35H,14H2,1-8H3,(H,32,36)(H,33,37)/t21-,23+,24?,27-,28?/m1/s1. The zero-order valence-corrected chi connectivity index (χ0v) is 28.6. The molecule has 242 valence electrons. The minimum atomic E-state index is -2.99. The normalized spacial score (nSPS) is 27.8. The van der Waals surface area contributed by atoms with Gasteiger partial charge in [-0.3, -0.25) is 14.7 Å². The van der Waals surface area contributed by atoms with Crippen LogP contribution < -0.4 is 20.7 Å². The molecule has 0 spiro atoms. The highest BCUT2D eigenvalue weighted by Gasteiger charge is 2.62. The molecule has 2 saturated heterocycles. The topological polar surface area (TPSA) is 154 Å². The summed E-state index contributed by atoms with van der Waals surface area (Å²) in [7, 11) is -5.79. The van der Waals surface area contributed by atoms with E-state index in [9.17, 15) is 14.7 Å². The summed E-state index contributed by atoms with van der Waals surface area (Å²) < 4.78 is 34.4. The van der Waals surface area contributed by atoms with Crippen LogP contribution in [-0.4, -0.2) is 75.0 Å². The first kappa shape index (κ1) is 32.6. The van der Waals surface area contributed by atoms with Gasteiger partial charge in [0.15, 0.2) is 18.2 Å². The Hall–Kier alpha value is -2.80. The van der Waals surface area contributed by atoms with Crippen molar-refractivity contribution in [3.8, 4) is 5.75 Å². The second-order valence-corrected chi connectivity index (χ2v) is 21.7. The number of nitrogens with one attached hydrogen (secondary N) is 3. The molecule has 0 radical (unpaired) electrons. The van der Waals surface area contributed by atoms with Gasteiger partial charge in [-0.05, 0) is 34.3 Å². The van der Waals surface area contributed by atoms with Crippen molar-refractivity contribution >= 4 is 34.9 Å². The number of para-hydroxylation sites is 1. The lowest BCUT2D eigenvalue weighted by Crippen LogP contribution is -2.65. The summed E-state index contributed by atoms with van der Waals surface area (Å²) >= 11 is 0. The van der Waals surface area contributed by atoms with Crippen LogP contribution in [0.25, 0.3) is 0 Å². The lowest BCUT2D eigenvalue weighted by molar-refractivity contribution is -0.0577. The molecule has 2 amide bonds. The van der Waals surface area contributed by atoms with E-state index in [1.165, 1.54) is 6.33 Å². The maximum atomic E-state index is 12.9. The quantitative estimate of drug-likeness (QED) is 0.320. The number of fused-ring (bicyclic) bond motifs is 2. The van der Waals surface area contributed by atoms with Gasteiger partial charge in [0, 0.05) is 0 Å². The third-order valence-corrected chi connectivity index (χ3v) is 18.9. The first-order chi connectivity index (χ1) is 20.8. The molecular formula is C29H45N5O8Si2. The number of carbonyl (C=O) groups excluding carboxylic acids is 2. The van der Waals surface area contributed by atoms with Gasteiger partial charge in [0.1, 0.15) is 29.9 Å². The van der Waals surface area contributed by atoms with Gasteiger partial charge in [0.05, 0.1) is 12.9 Å². The van der Waals surface area contributed by atoms with Crippen molar-refractivity contribution in [1.29, 1.82) is 0 Å². The fourth-order valence-corrected chi connectivity index (χ4v) is 17.6. The average molecular weight is 648 g/mol. The third-order valence-electron chi connectivity index (χ3n) is 8.70. The summed E-state index contributed by atoms with van der Waals surface area (Å²) in [6.07, 6.45) is -3.72. The predicted molar refractivity (Wildman–Crippen MR) is 166 cm³/mol. The van der Waals surface area contributed by atoms with Crippen molar-refractivity contribution in [2.75, 3.05) is 11.9 Å². The summed E-state index contributed by atoms with van der Waals surface area (Å²) in [5.41, 5.74) is 0.578. The van der Waals surface area contributed by atoms with Crippen LogP contribution in [0.2, 0.25) is 22.2 Å². The number of imidazole rings is 1. The Bertz CT molecular complexity index is 1320. The minimum absolute atomic E-state index is 0.0781. The minimum Gasteiger partial charge on any atom is -0.414 e. The van der Waals surface area contributed by atoms with Gasteiger partial charge < -0.3 is 38.2 Å². The Morgan fingerprint density at radius 2 is 1.66 bits per heavy atom. The van der Waals surface area contributed by atoms with E-state index in [-0.39, 0.29) is 40.3 Å². The van der Waals surface area contributed by atoms with E-state index in [1.807, 2.05) is 0 Å². The zero-order chi connectivity index (χ0) is 32.0. The molecule has 2 unspecified atom stereocenters. The molecule has 13 nitrogen and oxygen atoms in total. The van der Waals surface area contributed by atoms with Crippen molar-refractivity contribution < 1.29 is 37.1 Å². The maximum Gasteiger partial charge on any atom is 0.415 e. The molecule has 4 N–H and O–H groups in total. The van der Waals surface area contributed by atoms with Crippen LogP contribution in [0.3, 0.4) is 0 Å². The third kappa shape index (κ3) is 5.81. The van der Waals surface area contributed by atoms with Crippen LogP contribution in [0.5, 0.6) is 5.75 Å². The second-order valence-electron chi connectivity index (χ2n) is 12.9. The van der Waals surface area contributed by atoms with E-state index in [0.29, 0.717) is 5.75 Å². The number of carbonyl (C=O) groups is 2. The van der Waals surface area contributed by atoms with Gasteiger partial charge in [0.2, 0.25) is 0 Å². The Kier molecular flexibility index (Phi) is 9.29. The highest BCUT2D eigenvalue weighted by Crippen LogP contribution is 2.48.